The second kappa shape index (κ2) is 5.10. The number of benzene rings is 2. The molecule has 7 heteroatoms. The molecule has 0 amide bonds. The van der Waals surface area contributed by atoms with Crippen LogP contribution in [0.25, 0.3) is 0 Å². The van der Waals surface area contributed by atoms with Crippen molar-refractivity contribution in [2.75, 3.05) is 11.1 Å². The van der Waals surface area contributed by atoms with Crippen LogP contribution >= 0.6 is 0 Å². The van der Waals surface area contributed by atoms with Crippen LogP contribution in [0.2, 0.25) is 0 Å². The number of primary sulfonamides is 1. The molecule has 0 radical (unpaired) electrons. The molecule has 0 saturated carbocycles. The Morgan fingerprint density at radius 3 is 2.45 bits per heavy atom. The largest absolute Gasteiger partial charge is 0.399 e. The second-order valence-corrected chi connectivity index (χ2v) is 5.92. The molecule has 0 aliphatic carbocycles. The van der Waals surface area contributed by atoms with Gasteiger partial charge in [0.15, 0.2) is 0 Å². The molecule has 2 aromatic rings. The summed E-state index contributed by atoms with van der Waals surface area (Å²) in [6.07, 6.45) is 0. The molecule has 0 atom stereocenters. The summed E-state index contributed by atoms with van der Waals surface area (Å²) in [5.41, 5.74) is 6.99. The molecule has 0 saturated heterocycles. The highest BCUT2D eigenvalue weighted by Crippen LogP contribution is 2.27. The van der Waals surface area contributed by atoms with Gasteiger partial charge in [0.25, 0.3) is 0 Å². The number of rotatable bonds is 3. The molecule has 0 spiro atoms. The molecule has 0 aliphatic heterocycles. The minimum atomic E-state index is -3.93. The Kier molecular flexibility index (Phi) is 3.65. The molecule has 0 aromatic heterocycles. The highest BCUT2D eigenvalue weighted by molar-refractivity contribution is 7.89. The fourth-order valence-electron chi connectivity index (χ4n) is 1.70. The first-order valence-corrected chi connectivity index (χ1v) is 7.27. The van der Waals surface area contributed by atoms with Crippen molar-refractivity contribution in [1.29, 1.82) is 0 Å². The van der Waals surface area contributed by atoms with Gasteiger partial charge in [0, 0.05) is 11.4 Å². The summed E-state index contributed by atoms with van der Waals surface area (Å²) in [6, 6.07) is 8.77. The first-order valence-electron chi connectivity index (χ1n) is 5.73. The molecule has 2 aromatic carbocycles. The number of sulfonamides is 1. The van der Waals surface area contributed by atoms with E-state index in [0.29, 0.717) is 11.3 Å². The third kappa shape index (κ3) is 3.06. The van der Waals surface area contributed by atoms with E-state index in [2.05, 4.69) is 5.32 Å². The molecular formula is C13H14FN3O2S. The van der Waals surface area contributed by atoms with Crippen LogP contribution in [-0.2, 0) is 10.0 Å². The Balaban J connectivity index is 2.46. The molecule has 2 rings (SSSR count). The highest BCUT2D eigenvalue weighted by atomic mass is 32.2. The van der Waals surface area contributed by atoms with Crippen LogP contribution in [-0.4, -0.2) is 8.42 Å². The zero-order chi connectivity index (χ0) is 14.9. The van der Waals surface area contributed by atoms with Crippen LogP contribution in [0.1, 0.15) is 5.56 Å². The van der Waals surface area contributed by atoms with E-state index in [1.54, 1.807) is 19.1 Å². The maximum absolute atomic E-state index is 13.5. The highest BCUT2D eigenvalue weighted by Gasteiger charge is 2.14. The lowest BCUT2D eigenvalue weighted by Crippen LogP contribution is -2.14. The molecule has 0 unspecified atom stereocenters. The smallest absolute Gasteiger partial charge is 0.240 e. The molecule has 0 heterocycles. The molecule has 5 nitrogen and oxygen atoms in total. The maximum Gasteiger partial charge on any atom is 0.240 e. The molecule has 20 heavy (non-hydrogen) atoms. The molecule has 0 aliphatic rings. The van der Waals surface area contributed by atoms with Gasteiger partial charge in [0.1, 0.15) is 10.7 Å². The predicted molar refractivity (Wildman–Crippen MR) is 76.6 cm³/mol. The maximum atomic E-state index is 13.5. The van der Waals surface area contributed by atoms with Crippen molar-refractivity contribution in [2.45, 2.75) is 11.8 Å². The third-order valence-electron chi connectivity index (χ3n) is 2.76. The Morgan fingerprint density at radius 2 is 1.85 bits per heavy atom. The van der Waals surface area contributed by atoms with Crippen molar-refractivity contribution in [2.24, 2.45) is 5.14 Å². The van der Waals surface area contributed by atoms with Gasteiger partial charge in [-0.25, -0.2) is 17.9 Å². The van der Waals surface area contributed by atoms with E-state index in [1.165, 1.54) is 24.3 Å². The summed E-state index contributed by atoms with van der Waals surface area (Å²) in [7, 11) is -3.93. The number of aryl methyl sites for hydroxylation is 1. The second-order valence-electron chi connectivity index (χ2n) is 4.39. The van der Waals surface area contributed by atoms with Crippen molar-refractivity contribution in [3.8, 4) is 0 Å². The number of nitrogens with one attached hydrogen (secondary N) is 1. The first kappa shape index (κ1) is 14.3. The van der Waals surface area contributed by atoms with Crippen molar-refractivity contribution >= 4 is 27.1 Å². The zero-order valence-electron chi connectivity index (χ0n) is 10.7. The van der Waals surface area contributed by atoms with Gasteiger partial charge in [-0.15, -0.1) is 0 Å². The van der Waals surface area contributed by atoms with E-state index < -0.39 is 10.0 Å². The SMILES string of the molecule is Cc1ccc(Nc2ccc(N)cc2S(N)(=O)=O)cc1F. The minimum absolute atomic E-state index is 0.140. The number of nitrogens with two attached hydrogens (primary N) is 2. The van der Waals surface area contributed by atoms with Crippen molar-refractivity contribution in [3.05, 3.63) is 47.8 Å². The van der Waals surface area contributed by atoms with Crippen LogP contribution in [0.15, 0.2) is 41.3 Å². The van der Waals surface area contributed by atoms with E-state index in [9.17, 15) is 12.8 Å². The lowest BCUT2D eigenvalue weighted by atomic mass is 10.2. The van der Waals surface area contributed by atoms with Gasteiger partial charge in [-0.2, -0.15) is 0 Å². The van der Waals surface area contributed by atoms with Crippen molar-refractivity contribution in [3.63, 3.8) is 0 Å². The monoisotopic (exact) mass is 295 g/mol. The van der Waals surface area contributed by atoms with Gasteiger partial charge in [0.05, 0.1) is 5.69 Å². The summed E-state index contributed by atoms with van der Waals surface area (Å²) in [4.78, 5) is -0.140. The van der Waals surface area contributed by atoms with Crippen molar-refractivity contribution in [1.82, 2.24) is 0 Å². The number of nitrogen functional groups attached to an aromatic ring is 1. The number of anilines is 3. The van der Waals surface area contributed by atoms with Crippen LogP contribution < -0.4 is 16.2 Å². The molecular weight excluding hydrogens is 281 g/mol. The van der Waals surface area contributed by atoms with Crippen LogP contribution in [0.3, 0.4) is 0 Å². The minimum Gasteiger partial charge on any atom is -0.399 e. The van der Waals surface area contributed by atoms with Gasteiger partial charge in [0.2, 0.25) is 10.0 Å². The van der Waals surface area contributed by atoms with Gasteiger partial charge >= 0.3 is 0 Å². The molecule has 5 N–H and O–H groups in total. The summed E-state index contributed by atoms with van der Waals surface area (Å²) in [6.45, 7) is 1.64. The van der Waals surface area contributed by atoms with Gasteiger partial charge in [-0.05, 0) is 42.8 Å². The topological polar surface area (TPSA) is 98.2 Å². The lowest BCUT2D eigenvalue weighted by molar-refractivity contribution is 0.598. The standard InChI is InChI=1S/C13H14FN3O2S/c1-8-2-4-10(7-11(8)14)17-12-5-3-9(15)6-13(12)20(16,18)19/h2-7,17H,15H2,1H3,(H2,16,18,19). The Hall–Kier alpha value is -2.12. The quantitative estimate of drug-likeness (QED) is 0.755. The van der Waals surface area contributed by atoms with E-state index in [1.807, 2.05) is 0 Å². The van der Waals surface area contributed by atoms with Gasteiger partial charge in [-0.3, -0.25) is 0 Å². The average molecular weight is 295 g/mol. The van der Waals surface area contributed by atoms with Gasteiger partial charge < -0.3 is 11.1 Å². The average Bonchev–Trinajstić information content (AvgIpc) is 2.35. The summed E-state index contributed by atoms with van der Waals surface area (Å²) < 4.78 is 36.5. The van der Waals surface area contributed by atoms with E-state index in [-0.39, 0.29) is 22.1 Å². The fraction of sp³-hybridized carbons (Fsp3) is 0.0769. The number of halogens is 1. The fourth-order valence-corrected chi connectivity index (χ4v) is 2.43. The van der Waals surface area contributed by atoms with Gasteiger partial charge in [-0.1, -0.05) is 6.07 Å². The lowest BCUT2D eigenvalue weighted by Gasteiger charge is -2.12. The number of hydrogen-bond acceptors (Lipinski definition) is 4. The molecule has 106 valence electrons. The van der Waals surface area contributed by atoms with Crippen molar-refractivity contribution < 1.29 is 12.8 Å². The van der Waals surface area contributed by atoms with Crippen LogP contribution in [0.5, 0.6) is 0 Å². The van der Waals surface area contributed by atoms with Crippen LogP contribution in [0.4, 0.5) is 21.5 Å². The predicted octanol–water partition coefficient (Wildman–Crippen LogP) is 2.11. The summed E-state index contributed by atoms with van der Waals surface area (Å²) >= 11 is 0. The number of hydrogen-bond donors (Lipinski definition) is 3. The normalized spacial score (nSPS) is 11.3. The molecule has 0 bridgehead atoms. The van der Waals surface area contributed by atoms with E-state index >= 15 is 0 Å². The summed E-state index contributed by atoms with van der Waals surface area (Å²) in [5.74, 6) is -0.386. The molecule has 0 fully saturated rings. The van der Waals surface area contributed by atoms with Crippen LogP contribution in [0, 0.1) is 12.7 Å². The Bertz CT molecular complexity index is 760. The summed E-state index contributed by atoms with van der Waals surface area (Å²) in [5, 5.41) is 7.96. The Morgan fingerprint density at radius 1 is 1.15 bits per heavy atom. The zero-order valence-corrected chi connectivity index (χ0v) is 11.5. The van der Waals surface area contributed by atoms with E-state index in [4.69, 9.17) is 10.9 Å². The third-order valence-corrected chi connectivity index (χ3v) is 3.71. The Labute approximate surface area is 116 Å². The first-order chi connectivity index (χ1) is 9.27. The van der Waals surface area contributed by atoms with E-state index in [0.717, 1.165) is 0 Å².